The molecule has 1 aromatic carbocycles. The Morgan fingerprint density at radius 3 is 2.61 bits per heavy atom. The first-order valence-electron chi connectivity index (χ1n) is 7.00. The van der Waals surface area contributed by atoms with Gasteiger partial charge in [-0.3, -0.25) is 4.79 Å². The molecule has 0 N–H and O–H groups in total. The zero-order valence-electron chi connectivity index (χ0n) is 10.9. The molecule has 2 rings (SSSR count). The van der Waals surface area contributed by atoms with Crippen molar-refractivity contribution in [2.24, 2.45) is 5.92 Å². The Labute approximate surface area is 109 Å². The van der Waals surface area contributed by atoms with E-state index in [2.05, 4.69) is 24.3 Å². The molecule has 1 aromatic rings. The number of hydrogen-bond acceptors (Lipinski definition) is 2. The van der Waals surface area contributed by atoms with E-state index < -0.39 is 0 Å². The van der Waals surface area contributed by atoms with Crippen molar-refractivity contribution in [2.75, 3.05) is 13.2 Å². The maximum atomic E-state index is 11.8. The third-order valence-electron chi connectivity index (χ3n) is 3.65. The van der Waals surface area contributed by atoms with Gasteiger partial charge in [0.2, 0.25) is 0 Å². The molecule has 0 saturated heterocycles. The van der Waals surface area contributed by atoms with E-state index in [-0.39, 0.29) is 0 Å². The number of ether oxygens (including phenoxy) is 1. The second-order valence-corrected chi connectivity index (χ2v) is 5.09. The summed E-state index contributed by atoms with van der Waals surface area (Å²) >= 11 is 0. The summed E-state index contributed by atoms with van der Waals surface area (Å²) in [6.07, 6.45) is 6.59. The lowest BCUT2D eigenvalue weighted by atomic mass is 10.0. The van der Waals surface area contributed by atoms with Crippen molar-refractivity contribution in [3.05, 3.63) is 35.9 Å². The average molecular weight is 246 g/mol. The molecule has 1 saturated carbocycles. The van der Waals surface area contributed by atoms with Crippen molar-refractivity contribution in [3.63, 3.8) is 0 Å². The number of rotatable bonds is 7. The molecule has 0 aromatic heterocycles. The number of benzene rings is 1. The van der Waals surface area contributed by atoms with Crippen LogP contribution in [0.25, 0.3) is 0 Å². The van der Waals surface area contributed by atoms with Gasteiger partial charge in [0.15, 0.2) is 5.78 Å². The highest BCUT2D eigenvalue weighted by molar-refractivity contribution is 5.82. The van der Waals surface area contributed by atoms with Crippen molar-refractivity contribution < 1.29 is 9.53 Å². The first-order valence-corrected chi connectivity index (χ1v) is 7.00. The van der Waals surface area contributed by atoms with Crippen LogP contribution in [-0.4, -0.2) is 19.0 Å². The van der Waals surface area contributed by atoms with E-state index in [4.69, 9.17) is 4.74 Å². The van der Waals surface area contributed by atoms with Crippen molar-refractivity contribution in [2.45, 2.75) is 38.5 Å². The van der Waals surface area contributed by atoms with Crippen LogP contribution >= 0.6 is 0 Å². The lowest BCUT2D eigenvalue weighted by Crippen LogP contribution is -2.17. The highest BCUT2D eigenvalue weighted by atomic mass is 16.5. The van der Waals surface area contributed by atoms with Gasteiger partial charge in [-0.05, 0) is 31.2 Å². The molecular weight excluding hydrogens is 224 g/mol. The number of Topliss-reactive ketones (excluding diaryl/α,β-unsaturated/α-hetero) is 1. The van der Waals surface area contributed by atoms with Crippen LogP contribution in [0.4, 0.5) is 0 Å². The van der Waals surface area contributed by atoms with Gasteiger partial charge < -0.3 is 4.74 Å². The summed E-state index contributed by atoms with van der Waals surface area (Å²) in [5.41, 5.74) is 1.34. The third-order valence-corrected chi connectivity index (χ3v) is 3.65. The fourth-order valence-corrected chi connectivity index (χ4v) is 2.56. The lowest BCUT2D eigenvalue weighted by molar-refractivity contribution is -0.127. The Morgan fingerprint density at radius 1 is 1.17 bits per heavy atom. The molecule has 0 amide bonds. The van der Waals surface area contributed by atoms with Crippen LogP contribution in [0, 0.1) is 5.92 Å². The summed E-state index contributed by atoms with van der Waals surface area (Å²) in [7, 11) is 0. The summed E-state index contributed by atoms with van der Waals surface area (Å²) in [5.74, 6) is 0.603. The van der Waals surface area contributed by atoms with E-state index in [1.807, 2.05) is 6.07 Å². The second kappa shape index (κ2) is 7.32. The summed E-state index contributed by atoms with van der Waals surface area (Å²) in [6.45, 7) is 1.01. The molecule has 18 heavy (non-hydrogen) atoms. The van der Waals surface area contributed by atoms with Crippen LogP contribution in [0.2, 0.25) is 0 Å². The second-order valence-electron chi connectivity index (χ2n) is 5.09. The smallest absolute Gasteiger partial charge is 0.161 e. The number of hydrogen-bond donors (Lipinski definition) is 0. The zero-order valence-corrected chi connectivity index (χ0v) is 10.9. The van der Waals surface area contributed by atoms with E-state index in [9.17, 15) is 4.79 Å². The Balaban J connectivity index is 1.54. The number of carbonyl (C=O) groups excluding carboxylic acids is 1. The molecule has 0 bridgehead atoms. The predicted octanol–water partition coefficient (Wildman–Crippen LogP) is 3.40. The number of ketones is 1. The summed E-state index contributed by atoms with van der Waals surface area (Å²) < 4.78 is 5.48. The quantitative estimate of drug-likeness (QED) is 0.689. The molecule has 1 aliphatic carbocycles. The van der Waals surface area contributed by atoms with Gasteiger partial charge in [-0.1, -0.05) is 43.2 Å². The van der Waals surface area contributed by atoms with Crippen LogP contribution in [-0.2, 0) is 16.0 Å². The van der Waals surface area contributed by atoms with Gasteiger partial charge in [0.1, 0.15) is 6.61 Å². The van der Waals surface area contributed by atoms with Gasteiger partial charge in [-0.25, -0.2) is 0 Å². The minimum Gasteiger partial charge on any atom is -0.374 e. The van der Waals surface area contributed by atoms with E-state index in [1.165, 1.54) is 18.4 Å². The minimum atomic E-state index is 0.291. The molecule has 0 radical (unpaired) electrons. The fourth-order valence-electron chi connectivity index (χ4n) is 2.56. The van der Waals surface area contributed by atoms with Gasteiger partial charge in [-0.15, -0.1) is 0 Å². The summed E-state index contributed by atoms with van der Waals surface area (Å²) in [5, 5.41) is 0. The maximum absolute atomic E-state index is 11.8. The molecule has 0 spiro atoms. The average Bonchev–Trinajstić information content (AvgIpc) is 2.93. The first-order chi connectivity index (χ1) is 8.86. The molecule has 0 atom stereocenters. The van der Waals surface area contributed by atoms with Gasteiger partial charge in [-0.2, -0.15) is 0 Å². The first kappa shape index (κ1) is 13.3. The lowest BCUT2D eigenvalue weighted by Gasteiger charge is -2.08. The summed E-state index contributed by atoms with van der Waals surface area (Å²) in [4.78, 5) is 11.8. The largest absolute Gasteiger partial charge is 0.374 e. The normalized spacial score (nSPS) is 16.0. The molecule has 1 fully saturated rings. The van der Waals surface area contributed by atoms with E-state index in [1.54, 1.807) is 0 Å². The van der Waals surface area contributed by atoms with Crippen LogP contribution in [0.1, 0.15) is 37.7 Å². The Bertz CT molecular complexity index is 353. The Hall–Kier alpha value is -1.15. The van der Waals surface area contributed by atoms with Gasteiger partial charge in [0.25, 0.3) is 0 Å². The molecule has 0 heterocycles. The van der Waals surface area contributed by atoms with Crippen molar-refractivity contribution in [1.82, 2.24) is 0 Å². The van der Waals surface area contributed by atoms with Crippen LogP contribution in [0.5, 0.6) is 0 Å². The third kappa shape index (κ3) is 4.26. The Morgan fingerprint density at radius 2 is 1.89 bits per heavy atom. The van der Waals surface area contributed by atoms with E-state index in [0.29, 0.717) is 24.9 Å². The highest BCUT2D eigenvalue weighted by Crippen LogP contribution is 2.25. The molecule has 2 heteroatoms. The molecule has 1 aliphatic rings. The molecule has 98 valence electrons. The predicted molar refractivity (Wildman–Crippen MR) is 72.5 cm³/mol. The zero-order chi connectivity index (χ0) is 12.6. The topological polar surface area (TPSA) is 26.3 Å². The number of aryl methyl sites for hydroxylation is 1. The van der Waals surface area contributed by atoms with Crippen molar-refractivity contribution >= 4 is 5.78 Å². The molecule has 0 unspecified atom stereocenters. The van der Waals surface area contributed by atoms with Crippen LogP contribution in [0.3, 0.4) is 0 Å². The van der Waals surface area contributed by atoms with Crippen molar-refractivity contribution in [3.8, 4) is 0 Å². The standard InChI is InChI=1S/C16H22O2/c17-16(15-10-4-5-11-15)13-18-12-6-9-14-7-2-1-3-8-14/h1-3,7-8,15H,4-6,9-13H2. The summed E-state index contributed by atoms with van der Waals surface area (Å²) in [6, 6.07) is 10.4. The van der Waals surface area contributed by atoms with Gasteiger partial charge in [0.05, 0.1) is 0 Å². The molecular formula is C16H22O2. The fraction of sp³-hybridized carbons (Fsp3) is 0.562. The SMILES string of the molecule is O=C(COCCCc1ccccc1)C1CCCC1. The Kier molecular flexibility index (Phi) is 5.40. The highest BCUT2D eigenvalue weighted by Gasteiger charge is 2.22. The number of carbonyl (C=O) groups is 1. The molecule has 0 aliphatic heterocycles. The maximum Gasteiger partial charge on any atom is 0.161 e. The molecule has 2 nitrogen and oxygen atoms in total. The minimum absolute atomic E-state index is 0.291. The van der Waals surface area contributed by atoms with Crippen molar-refractivity contribution in [1.29, 1.82) is 0 Å². The van der Waals surface area contributed by atoms with Crippen LogP contribution < -0.4 is 0 Å². The van der Waals surface area contributed by atoms with E-state index >= 15 is 0 Å². The van der Waals surface area contributed by atoms with Crippen LogP contribution in [0.15, 0.2) is 30.3 Å². The van der Waals surface area contributed by atoms with Gasteiger partial charge >= 0.3 is 0 Å². The van der Waals surface area contributed by atoms with E-state index in [0.717, 1.165) is 25.7 Å². The van der Waals surface area contributed by atoms with Gasteiger partial charge in [0, 0.05) is 12.5 Å². The monoisotopic (exact) mass is 246 g/mol.